The first kappa shape index (κ1) is 15.4. The monoisotopic (exact) mass is 333 g/mol. The molecule has 1 saturated carbocycles. The second-order valence-electron chi connectivity index (χ2n) is 5.91. The summed E-state index contributed by atoms with van der Waals surface area (Å²) in [5.41, 5.74) is 3.05. The van der Waals surface area contributed by atoms with Crippen molar-refractivity contribution >= 4 is 34.8 Å². The molecule has 1 N–H and O–H groups in total. The molecule has 114 valence electrons. The third-order valence-corrected chi connectivity index (χ3v) is 5.32. The van der Waals surface area contributed by atoms with Crippen LogP contribution in [0.4, 0.5) is 5.69 Å². The molecule has 0 saturated heterocycles. The molecule has 1 fully saturated rings. The Morgan fingerprint density at radius 2 is 1.68 bits per heavy atom. The summed E-state index contributed by atoms with van der Waals surface area (Å²) in [6.45, 7) is 4.05. The van der Waals surface area contributed by atoms with Gasteiger partial charge in [0.1, 0.15) is 9.75 Å². The van der Waals surface area contributed by atoms with Crippen LogP contribution in [0.1, 0.15) is 23.1 Å². The fourth-order valence-corrected chi connectivity index (χ4v) is 3.55. The van der Waals surface area contributed by atoms with Gasteiger partial charge in [-0.05, 0) is 42.7 Å². The lowest BCUT2D eigenvalue weighted by Gasteiger charge is -2.19. The maximum atomic E-state index is 12.8. The number of carbonyl (C=O) groups is 1. The molecule has 2 aromatic carbocycles. The van der Waals surface area contributed by atoms with Gasteiger partial charge in [0.15, 0.2) is 0 Å². The van der Waals surface area contributed by atoms with E-state index >= 15 is 0 Å². The first-order chi connectivity index (χ1) is 10.4. The summed E-state index contributed by atoms with van der Waals surface area (Å²) in [4.78, 5) is 12.8. The van der Waals surface area contributed by atoms with Gasteiger partial charge in [-0.2, -0.15) is 0 Å². The van der Waals surface area contributed by atoms with Gasteiger partial charge in [0.25, 0.3) is 0 Å². The lowest BCUT2D eigenvalue weighted by molar-refractivity contribution is -0.118. The number of carbonyl (C=O) groups excluding carboxylic acids is 1. The van der Waals surface area contributed by atoms with Crippen LogP contribution in [0.3, 0.4) is 0 Å². The van der Waals surface area contributed by atoms with Crippen LogP contribution in [0.2, 0.25) is 0 Å². The molecule has 22 heavy (non-hydrogen) atoms. The van der Waals surface area contributed by atoms with E-state index in [-0.39, 0.29) is 5.91 Å². The number of hydrogen-bond donors (Lipinski definition) is 1. The van der Waals surface area contributed by atoms with Gasteiger partial charge in [0.05, 0.1) is 0 Å². The van der Waals surface area contributed by atoms with Crippen LogP contribution < -0.4 is 5.32 Å². The smallest absolute Gasteiger partial charge is 0.238 e. The molecule has 0 unspecified atom stereocenters. The molecule has 0 radical (unpaired) electrons. The summed E-state index contributed by atoms with van der Waals surface area (Å²) in [5.74, 6) is -0.160. The highest BCUT2D eigenvalue weighted by molar-refractivity contribution is 6.54. The zero-order valence-corrected chi connectivity index (χ0v) is 14.0. The maximum absolute atomic E-state index is 12.8. The van der Waals surface area contributed by atoms with Gasteiger partial charge in [0.2, 0.25) is 5.91 Å². The third kappa shape index (κ3) is 2.41. The van der Waals surface area contributed by atoms with Gasteiger partial charge < -0.3 is 5.32 Å². The molecular formula is C18H17Cl2NO. The Morgan fingerprint density at radius 3 is 2.23 bits per heavy atom. The predicted octanol–water partition coefficient (Wildman–Crippen LogP) is 4.76. The molecule has 0 heterocycles. The van der Waals surface area contributed by atoms with Gasteiger partial charge in [0, 0.05) is 12.1 Å². The minimum Gasteiger partial charge on any atom is -0.325 e. The van der Waals surface area contributed by atoms with Gasteiger partial charge in [-0.3, -0.25) is 4.79 Å². The van der Waals surface area contributed by atoms with Crippen molar-refractivity contribution in [2.75, 3.05) is 5.32 Å². The van der Waals surface area contributed by atoms with E-state index in [2.05, 4.69) is 5.32 Å². The number of alkyl halides is 2. The summed E-state index contributed by atoms with van der Waals surface area (Å²) in [6.07, 6.45) is 0.420. The van der Waals surface area contributed by atoms with Crippen molar-refractivity contribution < 1.29 is 4.79 Å². The van der Waals surface area contributed by atoms with Gasteiger partial charge in [-0.15, -0.1) is 23.2 Å². The number of amides is 1. The van der Waals surface area contributed by atoms with E-state index in [0.717, 1.165) is 16.8 Å². The first-order valence-electron chi connectivity index (χ1n) is 7.19. The quantitative estimate of drug-likeness (QED) is 0.806. The Labute approximate surface area is 140 Å². The number of hydrogen-bond acceptors (Lipinski definition) is 1. The van der Waals surface area contributed by atoms with Gasteiger partial charge in [-0.1, -0.05) is 36.4 Å². The molecular weight excluding hydrogens is 317 g/mol. The molecule has 4 heteroatoms. The predicted molar refractivity (Wildman–Crippen MR) is 91.7 cm³/mol. The molecule has 1 amide bonds. The Hall–Kier alpha value is -1.51. The van der Waals surface area contributed by atoms with E-state index in [1.54, 1.807) is 0 Å². The minimum atomic E-state index is -1.06. The summed E-state index contributed by atoms with van der Waals surface area (Å²) >= 11 is 12.6. The molecule has 0 spiro atoms. The van der Waals surface area contributed by atoms with E-state index in [4.69, 9.17) is 23.2 Å². The van der Waals surface area contributed by atoms with Crippen molar-refractivity contribution in [1.82, 2.24) is 0 Å². The maximum Gasteiger partial charge on any atom is 0.238 e. The molecule has 0 aromatic heterocycles. The normalized spacial score (nSPS) is 22.2. The third-order valence-electron chi connectivity index (χ3n) is 4.41. The van der Waals surface area contributed by atoms with Crippen LogP contribution in [0, 0.1) is 13.8 Å². The Bertz CT molecular complexity index is 727. The van der Waals surface area contributed by atoms with Crippen molar-refractivity contribution in [3.8, 4) is 0 Å². The summed E-state index contributed by atoms with van der Waals surface area (Å²) < 4.78 is -1.06. The van der Waals surface area contributed by atoms with Crippen LogP contribution in [-0.4, -0.2) is 10.2 Å². The highest BCUT2D eigenvalue weighted by atomic mass is 35.5. The number of halogens is 2. The van der Waals surface area contributed by atoms with Crippen molar-refractivity contribution in [2.24, 2.45) is 0 Å². The van der Waals surface area contributed by atoms with Gasteiger partial charge >= 0.3 is 0 Å². The number of rotatable bonds is 3. The van der Waals surface area contributed by atoms with Crippen molar-refractivity contribution in [1.29, 1.82) is 0 Å². The van der Waals surface area contributed by atoms with Crippen LogP contribution >= 0.6 is 23.2 Å². The molecule has 1 aliphatic rings. The van der Waals surface area contributed by atoms with E-state index in [9.17, 15) is 4.79 Å². The van der Waals surface area contributed by atoms with Crippen LogP contribution in [0.25, 0.3) is 0 Å². The average molecular weight is 334 g/mol. The standard InChI is InChI=1S/C18H17Cl2NO/c1-12-8-9-15(10-13(12)2)21-16(22)17(11-18(17,19)20)14-6-4-3-5-7-14/h3-10H,11H2,1-2H3,(H,21,22)/t17-/m1/s1. The van der Waals surface area contributed by atoms with Crippen LogP contribution in [-0.2, 0) is 10.2 Å². The molecule has 0 aliphatic heterocycles. The van der Waals surface area contributed by atoms with E-state index in [1.165, 1.54) is 5.56 Å². The zero-order valence-electron chi connectivity index (χ0n) is 12.5. The van der Waals surface area contributed by atoms with Crippen LogP contribution in [0.15, 0.2) is 48.5 Å². The van der Waals surface area contributed by atoms with Gasteiger partial charge in [-0.25, -0.2) is 0 Å². The summed E-state index contributed by atoms with van der Waals surface area (Å²) in [7, 11) is 0. The van der Waals surface area contributed by atoms with E-state index < -0.39 is 9.75 Å². The zero-order chi connectivity index (χ0) is 16.0. The Kier molecular flexibility index (Phi) is 3.70. The lowest BCUT2D eigenvalue weighted by Crippen LogP contribution is -2.32. The van der Waals surface area contributed by atoms with E-state index in [0.29, 0.717) is 6.42 Å². The SMILES string of the molecule is Cc1ccc(NC(=O)[C@]2(c3ccccc3)CC2(Cl)Cl)cc1C. The lowest BCUT2D eigenvalue weighted by atomic mass is 9.94. The first-order valence-corrected chi connectivity index (χ1v) is 7.94. The fourth-order valence-electron chi connectivity index (χ4n) is 2.76. The minimum absolute atomic E-state index is 0.160. The molecule has 1 aliphatic carbocycles. The van der Waals surface area contributed by atoms with Crippen molar-refractivity contribution in [3.05, 3.63) is 65.2 Å². The van der Waals surface area contributed by atoms with Crippen LogP contribution in [0.5, 0.6) is 0 Å². The summed E-state index contributed by atoms with van der Waals surface area (Å²) in [5, 5.41) is 2.96. The van der Waals surface area contributed by atoms with E-state index in [1.807, 2.05) is 62.4 Å². The topological polar surface area (TPSA) is 29.1 Å². The average Bonchev–Trinajstić information content (AvgIpc) is 3.08. The molecule has 2 aromatic rings. The fraction of sp³-hybridized carbons (Fsp3) is 0.278. The highest BCUT2D eigenvalue weighted by Crippen LogP contribution is 2.65. The molecule has 2 nitrogen and oxygen atoms in total. The number of anilines is 1. The second kappa shape index (κ2) is 5.29. The number of benzene rings is 2. The Balaban J connectivity index is 1.91. The Morgan fingerprint density at radius 1 is 1.05 bits per heavy atom. The largest absolute Gasteiger partial charge is 0.325 e. The molecule has 3 rings (SSSR count). The summed E-state index contributed by atoms with van der Waals surface area (Å²) in [6, 6.07) is 15.3. The molecule has 0 bridgehead atoms. The second-order valence-corrected chi connectivity index (χ2v) is 7.39. The highest BCUT2D eigenvalue weighted by Gasteiger charge is 2.72. The number of nitrogens with one attached hydrogen (secondary N) is 1. The molecule has 1 atom stereocenters. The van der Waals surface area contributed by atoms with Crippen molar-refractivity contribution in [3.63, 3.8) is 0 Å². The number of aryl methyl sites for hydroxylation is 2. The van der Waals surface area contributed by atoms with Crippen molar-refractivity contribution in [2.45, 2.75) is 30.0 Å².